The first-order chi connectivity index (χ1) is 14.1. The average Bonchev–Trinajstić information content (AvgIpc) is 3.46. The van der Waals surface area contributed by atoms with Gasteiger partial charge in [0, 0.05) is 13.2 Å². The number of carboxylic acid groups (broad SMARTS) is 1. The third kappa shape index (κ3) is 3.07. The fourth-order valence-corrected chi connectivity index (χ4v) is 5.78. The van der Waals surface area contributed by atoms with Crippen molar-refractivity contribution in [3.63, 3.8) is 0 Å². The van der Waals surface area contributed by atoms with Crippen LogP contribution in [0, 0.1) is 0 Å². The highest BCUT2D eigenvalue weighted by molar-refractivity contribution is 8.00. The van der Waals surface area contributed by atoms with Crippen molar-refractivity contribution in [1.82, 2.24) is 4.57 Å². The van der Waals surface area contributed by atoms with Crippen LogP contribution in [-0.2, 0) is 16.0 Å². The first kappa shape index (κ1) is 18.5. The quantitative estimate of drug-likeness (QED) is 0.687. The van der Waals surface area contributed by atoms with Gasteiger partial charge < -0.3 is 9.84 Å². The van der Waals surface area contributed by atoms with Crippen molar-refractivity contribution >= 4 is 28.5 Å². The number of hydrogen-bond donors (Lipinski definition) is 1. The molecule has 2 atom stereocenters. The molecule has 5 nitrogen and oxygen atoms in total. The number of methoxy groups -OCH3 is 1. The predicted octanol–water partition coefficient (Wildman–Crippen LogP) is 4.17. The molecule has 0 amide bonds. The molecule has 2 aromatic carbocycles. The second kappa shape index (κ2) is 7.04. The van der Waals surface area contributed by atoms with Crippen LogP contribution < -0.4 is 5.56 Å². The summed E-state index contributed by atoms with van der Waals surface area (Å²) in [5.74, 6) is -0.645. The van der Waals surface area contributed by atoms with E-state index in [0.29, 0.717) is 12.3 Å². The first-order valence-electron chi connectivity index (χ1n) is 9.75. The molecule has 0 radical (unpaired) electrons. The van der Waals surface area contributed by atoms with Gasteiger partial charge in [-0.2, -0.15) is 0 Å². The fraction of sp³-hybridized carbons (Fsp3) is 0.304. The Morgan fingerprint density at radius 1 is 1.17 bits per heavy atom. The molecule has 1 aliphatic carbocycles. The molecule has 6 heteroatoms. The van der Waals surface area contributed by atoms with Gasteiger partial charge in [-0.05, 0) is 52.6 Å². The highest BCUT2D eigenvalue weighted by Crippen LogP contribution is 2.50. The van der Waals surface area contributed by atoms with E-state index >= 15 is 0 Å². The molecule has 1 aromatic heterocycles. The molecule has 29 heavy (non-hydrogen) atoms. The number of thioether (sulfide) groups is 1. The number of nitrogens with zero attached hydrogens (tertiary/aromatic N) is 1. The molecule has 0 saturated heterocycles. The van der Waals surface area contributed by atoms with Crippen molar-refractivity contribution < 1.29 is 14.6 Å². The summed E-state index contributed by atoms with van der Waals surface area (Å²) >= 11 is 1.37. The van der Waals surface area contributed by atoms with E-state index in [1.165, 1.54) is 39.8 Å². The molecule has 5 rings (SSSR count). The van der Waals surface area contributed by atoms with Gasteiger partial charge in [-0.15, -0.1) is 0 Å². The van der Waals surface area contributed by atoms with Crippen molar-refractivity contribution in [2.75, 3.05) is 7.11 Å². The summed E-state index contributed by atoms with van der Waals surface area (Å²) in [6.07, 6.45) is 2.81. The maximum atomic E-state index is 13.0. The van der Waals surface area contributed by atoms with Gasteiger partial charge in [-0.25, -0.2) is 4.79 Å². The Morgan fingerprint density at radius 3 is 2.66 bits per heavy atom. The van der Waals surface area contributed by atoms with E-state index in [-0.39, 0.29) is 5.56 Å². The largest absolute Gasteiger partial charge is 0.480 e. The molecule has 0 spiro atoms. The lowest BCUT2D eigenvalue weighted by atomic mass is 9.95. The maximum absolute atomic E-state index is 13.0. The summed E-state index contributed by atoms with van der Waals surface area (Å²) in [6, 6.07) is 15.2. The monoisotopic (exact) mass is 407 g/mol. The topological polar surface area (TPSA) is 68.5 Å². The molecule has 2 heterocycles. The highest BCUT2D eigenvalue weighted by atomic mass is 32.2. The van der Waals surface area contributed by atoms with Crippen LogP contribution in [0.25, 0.3) is 10.8 Å². The van der Waals surface area contributed by atoms with Crippen LogP contribution in [0.5, 0.6) is 0 Å². The van der Waals surface area contributed by atoms with Crippen molar-refractivity contribution in [2.24, 2.45) is 0 Å². The fourth-order valence-electron chi connectivity index (χ4n) is 4.35. The minimum Gasteiger partial charge on any atom is -0.480 e. The molecule has 2 aliphatic rings. The highest BCUT2D eigenvalue weighted by Gasteiger charge is 2.43. The molecular weight excluding hydrogens is 386 g/mol. The van der Waals surface area contributed by atoms with Crippen LogP contribution in [0.1, 0.15) is 41.5 Å². The molecule has 1 N–H and O–H groups in total. The molecule has 1 aliphatic heterocycles. The smallest absolute Gasteiger partial charge is 0.330 e. The lowest BCUT2D eigenvalue weighted by molar-refractivity contribution is -0.143. The summed E-state index contributed by atoms with van der Waals surface area (Å²) in [6.45, 7) is 0. The third-order valence-electron chi connectivity index (χ3n) is 5.83. The number of carbonyl (C=O) groups is 1. The number of pyridine rings is 1. The SMILES string of the molecule is CO[C@H]1Sc2c(C3CC3)c(Cc3cccc4ccccc34)cc(=O)n2[C@@H]1C(=O)O. The molecular formula is C23H21NO4S. The Bertz CT molecular complexity index is 1180. The van der Waals surface area contributed by atoms with Gasteiger partial charge in [0.25, 0.3) is 5.56 Å². The Hall–Kier alpha value is -2.57. The van der Waals surface area contributed by atoms with Gasteiger partial charge in [0.1, 0.15) is 5.44 Å². The van der Waals surface area contributed by atoms with Crippen LogP contribution in [0.3, 0.4) is 0 Å². The summed E-state index contributed by atoms with van der Waals surface area (Å²) in [5.41, 5.74) is 2.46. The second-order valence-corrected chi connectivity index (χ2v) is 8.78. The summed E-state index contributed by atoms with van der Waals surface area (Å²) in [5, 5.41) is 12.8. The van der Waals surface area contributed by atoms with Gasteiger partial charge in [0.2, 0.25) is 0 Å². The standard InChI is InChI=1S/C23H21NO4S/c1-28-23-20(22(26)27)24-18(25)12-16(19(14-9-10-14)21(24)29-23)11-15-7-4-6-13-5-2-3-8-17(13)15/h2-8,12,14,20,23H,9-11H2,1H3,(H,26,27)/t20-,23+/m1/s1. The van der Waals surface area contributed by atoms with E-state index in [0.717, 1.165) is 29.0 Å². The number of carboxylic acids is 1. The van der Waals surface area contributed by atoms with Crippen molar-refractivity contribution in [2.45, 2.75) is 41.7 Å². The van der Waals surface area contributed by atoms with E-state index in [1.54, 1.807) is 6.07 Å². The van der Waals surface area contributed by atoms with Gasteiger partial charge in [0.05, 0.1) is 5.03 Å². The molecule has 1 fully saturated rings. The summed E-state index contributed by atoms with van der Waals surface area (Å²) in [7, 11) is 1.50. The average molecular weight is 407 g/mol. The third-order valence-corrected chi connectivity index (χ3v) is 7.15. The van der Waals surface area contributed by atoms with Gasteiger partial charge in [0.15, 0.2) is 6.04 Å². The molecule has 3 aromatic rings. The lowest BCUT2D eigenvalue weighted by Gasteiger charge is -2.17. The number of hydrogen-bond acceptors (Lipinski definition) is 4. The zero-order valence-electron chi connectivity index (χ0n) is 16.0. The normalized spacial score (nSPS) is 20.7. The van der Waals surface area contributed by atoms with Gasteiger partial charge >= 0.3 is 5.97 Å². The van der Waals surface area contributed by atoms with Gasteiger partial charge in [-0.3, -0.25) is 9.36 Å². The molecule has 148 valence electrons. The number of ether oxygens (including phenoxy) is 1. The molecule has 0 unspecified atom stereocenters. The molecule has 0 bridgehead atoms. The molecule has 1 saturated carbocycles. The zero-order chi connectivity index (χ0) is 20.1. The Balaban J connectivity index is 1.67. The van der Waals surface area contributed by atoms with Crippen LogP contribution in [-0.4, -0.2) is 28.2 Å². The van der Waals surface area contributed by atoms with Crippen LogP contribution >= 0.6 is 11.8 Å². The Labute approximate surface area is 172 Å². The second-order valence-electron chi connectivity index (χ2n) is 7.69. The van der Waals surface area contributed by atoms with Crippen molar-refractivity contribution in [3.8, 4) is 0 Å². The Kier molecular flexibility index (Phi) is 4.48. The summed E-state index contributed by atoms with van der Waals surface area (Å²) in [4.78, 5) is 24.8. The minimum absolute atomic E-state index is 0.265. The van der Waals surface area contributed by atoms with E-state index in [9.17, 15) is 14.7 Å². The van der Waals surface area contributed by atoms with Crippen molar-refractivity contribution in [1.29, 1.82) is 0 Å². The van der Waals surface area contributed by atoms with E-state index in [1.807, 2.05) is 18.2 Å². The summed E-state index contributed by atoms with van der Waals surface area (Å²) < 4.78 is 6.85. The number of rotatable bonds is 5. The predicted molar refractivity (Wildman–Crippen MR) is 113 cm³/mol. The first-order valence-corrected chi connectivity index (χ1v) is 10.6. The number of aliphatic carboxylic acids is 1. The van der Waals surface area contributed by atoms with E-state index < -0.39 is 17.4 Å². The van der Waals surface area contributed by atoms with Gasteiger partial charge in [-0.1, -0.05) is 54.2 Å². The maximum Gasteiger partial charge on any atom is 0.330 e. The number of fused-ring (bicyclic) bond motifs is 2. The van der Waals surface area contributed by atoms with Crippen molar-refractivity contribution in [3.05, 3.63) is 75.6 Å². The number of benzene rings is 2. The van der Waals surface area contributed by atoms with Crippen LogP contribution in [0.4, 0.5) is 0 Å². The van der Waals surface area contributed by atoms with Crippen LogP contribution in [0.2, 0.25) is 0 Å². The number of aromatic nitrogens is 1. The Morgan fingerprint density at radius 2 is 1.93 bits per heavy atom. The van der Waals surface area contributed by atoms with E-state index in [4.69, 9.17) is 4.74 Å². The lowest BCUT2D eigenvalue weighted by Crippen LogP contribution is -2.33. The minimum atomic E-state index is -1.03. The zero-order valence-corrected chi connectivity index (χ0v) is 16.8. The van der Waals surface area contributed by atoms with E-state index in [2.05, 4.69) is 24.3 Å². The van der Waals surface area contributed by atoms with Crippen LogP contribution in [0.15, 0.2) is 58.4 Å².